The topological polar surface area (TPSA) is 102 Å². The highest BCUT2D eigenvalue weighted by Gasteiger charge is 2.15. The monoisotopic (exact) mass is 492 g/mol. The molecule has 34 heavy (non-hydrogen) atoms. The lowest BCUT2D eigenvalue weighted by Gasteiger charge is -2.09. The number of aromatic nitrogens is 4. The van der Waals surface area contributed by atoms with Crippen LogP contribution in [0.1, 0.15) is 17.3 Å². The zero-order valence-electron chi connectivity index (χ0n) is 18.2. The molecule has 0 unspecified atom stereocenters. The van der Waals surface area contributed by atoms with Crippen LogP contribution < -0.4 is 10.6 Å². The maximum absolute atomic E-state index is 12.5. The van der Waals surface area contributed by atoms with E-state index in [4.69, 9.17) is 11.6 Å². The van der Waals surface area contributed by atoms with E-state index in [1.807, 2.05) is 23.6 Å². The smallest absolute Gasteiger partial charge is 0.255 e. The number of pyridine rings is 1. The molecule has 0 aliphatic heterocycles. The number of nitrogens with zero attached hydrogens (tertiary/aromatic N) is 4. The van der Waals surface area contributed by atoms with Crippen LogP contribution in [0.15, 0.2) is 78.2 Å². The summed E-state index contributed by atoms with van der Waals surface area (Å²) in [6.45, 7) is 2.68. The first-order valence-corrected chi connectivity index (χ1v) is 11.8. The fourth-order valence-electron chi connectivity index (χ4n) is 3.16. The van der Waals surface area contributed by atoms with Gasteiger partial charge in [0, 0.05) is 46.5 Å². The molecule has 0 fully saturated rings. The molecule has 10 heteroatoms. The van der Waals surface area contributed by atoms with Gasteiger partial charge < -0.3 is 15.2 Å². The summed E-state index contributed by atoms with van der Waals surface area (Å²) in [5.41, 5.74) is 2.67. The second-order valence-electron chi connectivity index (χ2n) is 7.16. The lowest BCUT2D eigenvalue weighted by Crippen LogP contribution is -2.15. The highest BCUT2D eigenvalue weighted by atomic mass is 35.5. The maximum Gasteiger partial charge on any atom is 0.255 e. The number of hydrogen-bond acceptors (Lipinski definition) is 6. The fourth-order valence-corrected chi connectivity index (χ4v) is 4.09. The molecular formula is C24H21ClN6O2S. The number of thioether (sulfide) groups is 1. The summed E-state index contributed by atoms with van der Waals surface area (Å²) in [5.74, 6) is 0.517. The van der Waals surface area contributed by atoms with E-state index in [2.05, 4.69) is 25.8 Å². The molecule has 0 spiro atoms. The van der Waals surface area contributed by atoms with Gasteiger partial charge in [-0.25, -0.2) is 0 Å². The van der Waals surface area contributed by atoms with Crippen LogP contribution in [0, 0.1) is 0 Å². The van der Waals surface area contributed by atoms with Crippen LogP contribution in [-0.4, -0.2) is 37.3 Å². The van der Waals surface area contributed by atoms with Crippen molar-refractivity contribution >= 4 is 46.6 Å². The van der Waals surface area contributed by atoms with Crippen LogP contribution in [0.2, 0.25) is 5.02 Å². The Kier molecular flexibility index (Phi) is 7.56. The third-order valence-electron chi connectivity index (χ3n) is 4.84. The summed E-state index contributed by atoms with van der Waals surface area (Å²) < 4.78 is 1.96. The number of nitrogens with one attached hydrogen (secondary N) is 2. The molecule has 172 valence electrons. The summed E-state index contributed by atoms with van der Waals surface area (Å²) in [7, 11) is 0. The van der Waals surface area contributed by atoms with Crippen LogP contribution in [-0.2, 0) is 11.3 Å². The van der Waals surface area contributed by atoms with Gasteiger partial charge in [-0.15, -0.1) is 10.2 Å². The standard InChI is InChI=1S/C24H21ClN6O2S/c1-2-31-22(16-11-13-26-14-12-16)29-30-24(31)34-15-21(32)27-19-7-9-20(10-8-19)28-23(33)17-3-5-18(25)6-4-17/h3-14H,2,15H2,1H3,(H,27,32)(H,28,33). The third-order valence-corrected chi connectivity index (χ3v) is 6.06. The molecule has 2 aromatic carbocycles. The first-order valence-electron chi connectivity index (χ1n) is 10.5. The first-order chi connectivity index (χ1) is 16.5. The van der Waals surface area contributed by atoms with Crippen molar-refractivity contribution in [1.29, 1.82) is 0 Å². The molecule has 0 bridgehead atoms. The van der Waals surface area contributed by atoms with Crippen molar-refractivity contribution in [2.45, 2.75) is 18.6 Å². The molecule has 2 amide bonds. The van der Waals surface area contributed by atoms with Crippen LogP contribution >= 0.6 is 23.4 Å². The highest BCUT2D eigenvalue weighted by molar-refractivity contribution is 7.99. The molecule has 0 radical (unpaired) electrons. The van der Waals surface area contributed by atoms with E-state index in [0.717, 1.165) is 11.4 Å². The van der Waals surface area contributed by atoms with E-state index in [-0.39, 0.29) is 17.6 Å². The van der Waals surface area contributed by atoms with Crippen LogP contribution in [0.5, 0.6) is 0 Å². The number of carbonyl (C=O) groups excluding carboxylic acids is 2. The van der Waals surface area contributed by atoms with Gasteiger partial charge in [0.05, 0.1) is 5.75 Å². The second-order valence-corrected chi connectivity index (χ2v) is 8.54. The third kappa shape index (κ3) is 5.81. The predicted octanol–water partition coefficient (Wildman–Crippen LogP) is 5.00. The summed E-state index contributed by atoms with van der Waals surface area (Å²) in [4.78, 5) is 28.8. The molecule has 4 aromatic rings. The molecule has 0 aliphatic rings. The average molecular weight is 493 g/mol. The van der Waals surface area contributed by atoms with Gasteiger partial charge in [-0.3, -0.25) is 14.6 Å². The van der Waals surface area contributed by atoms with Crippen LogP contribution in [0.4, 0.5) is 11.4 Å². The zero-order chi connectivity index (χ0) is 23.9. The number of benzene rings is 2. The van der Waals surface area contributed by atoms with Crippen LogP contribution in [0.25, 0.3) is 11.4 Å². The number of rotatable bonds is 8. The van der Waals surface area contributed by atoms with Crippen molar-refractivity contribution in [2.75, 3.05) is 16.4 Å². The minimum Gasteiger partial charge on any atom is -0.325 e. The molecule has 4 rings (SSSR count). The minimum absolute atomic E-state index is 0.168. The number of halogens is 1. The summed E-state index contributed by atoms with van der Waals surface area (Å²) in [6.07, 6.45) is 3.41. The minimum atomic E-state index is -0.240. The van der Waals surface area contributed by atoms with Gasteiger partial charge in [0.2, 0.25) is 5.91 Å². The van der Waals surface area contributed by atoms with Gasteiger partial charge in [0.25, 0.3) is 5.91 Å². The highest BCUT2D eigenvalue weighted by Crippen LogP contribution is 2.24. The van der Waals surface area contributed by atoms with Gasteiger partial charge in [0.1, 0.15) is 0 Å². The summed E-state index contributed by atoms with van der Waals surface area (Å²) in [5, 5.41) is 15.4. The fraction of sp³-hybridized carbons (Fsp3) is 0.125. The van der Waals surface area contributed by atoms with Gasteiger partial charge >= 0.3 is 0 Å². The van der Waals surface area contributed by atoms with Gasteiger partial charge in [-0.05, 0) is 67.6 Å². The van der Waals surface area contributed by atoms with Crippen molar-refractivity contribution in [3.63, 3.8) is 0 Å². The van der Waals surface area contributed by atoms with E-state index in [0.29, 0.717) is 33.7 Å². The second kappa shape index (κ2) is 11.0. The van der Waals surface area contributed by atoms with Gasteiger partial charge in [-0.1, -0.05) is 23.4 Å². The molecule has 0 aliphatic carbocycles. The summed E-state index contributed by atoms with van der Waals surface area (Å²) >= 11 is 7.18. The lowest BCUT2D eigenvalue weighted by atomic mass is 10.2. The molecule has 0 saturated heterocycles. The molecule has 2 heterocycles. The van der Waals surface area contributed by atoms with Crippen molar-refractivity contribution in [2.24, 2.45) is 0 Å². The van der Waals surface area contributed by atoms with Crippen molar-refractivity contribution in [3.05, 3.63) is 83.6 Å². The van der Waals surface area contributed by atoms with Gasteiger partial charge in [0.15, 0.2) is 11.0 Å². The van der Waals surface area contributed by atoms with E-state index >= 15 is 0 Å². The Hall–Kier alpha value is -3.69. The number of amides is 2. The molecule has 8 nitrogen and oxygen atoms in total. The zero-order valence-corrected chi connectivity index (χ0v) is 19.8. The SMILES string of the molecule is CCn1c(SCC(=O)Nc2ccc(NC(=O)c3ccc(Cl)cc3)cc2)nnc1-c1ccncc1. The Morgan fingerprint density at radius 3 is 2.21 bits per heavy atom. The molecule has 2 aromatic heterocycles. The maximum atomic E-state index is 12.5. The quantitative estimate of drug-likeness (QED) is 0.336. The Balaban J connectivity index is 1.32. The predicted molar refractivity (Wildman–Crippen MR) is 134 cm³/mol. The number of anilines is 2. The van der Waals surface area contributed by atoms with Crippen LogP contribution in [0.3, 0.4) is 0 Å². The first kappa shape index (κ1) is 23.5. The molecule has 2 N–H and O–H groups in total. The Morgan fingerprint density at radius 2 is 1.56 bits per heavy atom. The Bertz CT molecular complexity index is 1280. The summed E-state index contributed by atoms with van der Waals surface area (Å²) in [6, 6.07) is 17.3. The van der Waals surface area contributed by atoms with E-state index in [1.165, 1.54) is 11.8 Å². The molecular weight excluding hydrogens is 472 g/mol. The largest absolute Gasteiger partial charge is 0.325 e. The average Bonchev–Trinajstić information content (AvgIpc) is 3.28. The Labute approximate surface area is 205 Å². The molecule has 0 saturated carbocycles. The van der Waals surface area contributed by atoms with E-state index in [9.17, 15) is 9.59 Å². The van der Waals surface area contributed by atoms with Crippen molar-refractivity contribution in [1.82, 2.24) is 19.7 Å². The normalized spacial score (nSPS) is 10.6. The van der Waals surface area contributed by atoms with Crippen molar-refractivity contribution in [3.8, 4) is 11.4 Å². The van der Waals surface area contributed by atoms with Crippen molar-refractivity contribution < 1.29 is 9.59 Å². The van der Waals surface area contributed by atoms with E-state index in [1.54, 1.807) is 60.9 Å². The van der Waals surface area contributed by atoms with Gasteiger partial charge in [-0.2, -0.15) is 0 Å². The lowest BCUT2D eigenvalue weighted by molar-refractivity contribution is -0.113. The van der Waals surface area contributed by atoms with E-state index < -0.39 is 0 Å². The Morgan fingerprint density at radius 1 is 0.912 bits per heavy atom. The number of carbonyl (C=O) groups is 2. The number of hydrogen-bond donors (Lipinski definition) is 2. The molecule has 0 atom stereocenters.